The average Bonchev–Trinajstić information content (AvgIpc) is 2.39. The number of pyridine rings is 1. The molecule has 0 spiro atoms. The molecule has 2 heterocycles. The van der Waals surface area contributed by atoms with Crippen molar-refractivity contribution < 1.29 is 5.11 Å². The molecule has 5 nitrogen and oxygen atoms in total. The standard InChI is InChI=1S/C11H14N4O/c12-5-9-1-2-11(14-6-9)15-4-3-13-10(7-15)8-16/h1-2,6,10,13,16H,3-4,7-8H2. The van der Waals surface area contributed by atoms with Gasteiger partial charge in [0.2, 0.25) is 0 Å². The molecule has 1 unspecified atom stereocenters. The second kappa shape index (κ2) is 4.92. The van der Waals surface area contributed by atoms with Gasteiger partial charge in [-0.15, -0.1) is 0 Å². The summed E-state index contributed by atoms with van der Waals surface area (Å²) in [5.41, 5.74) is 0.567. The van der Waals surface area contributed by atoms with Crippen molar-refractivity contribution in [2.75, 3.05) is 31.1 Å². The van der Waals surface area contributed by atoms with E-state index < -0.39 is 0 Å². The fraction of sp³-hybridized carbons (Fsp3) is 0.455. The summed E-state index contributed by atoms with van der Waals surface area (Å²) < 4.78 is 0. The predicted molar refractivity (Wildman–Crippen MR) is 60.0 cm³/mol. The zero-order valence-corrected chi connectivity index (χ0v) is 8.93. The van der Waals surface area contributed by atoms with Gasteiger partial charge < -0.3 is 15.3 Å². The molecule has 1 aliphatic rings. The van der Waals surface area contributed by atoms with E-state index in [1.165, 1.54) is 0 Å². The zero-order chi connectivity index (χ0) is 11.4. The molecule has 0 aliphatic carbocycles. The van der Waals surface area contributed by atoms with Crippen LogP contribution in [0.5, 0.6) is 0 Å². The number of aliphatic hydroxyl groups excluding tert-OH is 1. The van der Waals surface area contributed by atoms with Gasteiger partial charge >= 0.3 is 0 Å². The van der Waals surface area contributed by atoms with Crippen LogP contribution in [-0.4, -0.2) is 42.4 Å². The highest BCUT2D eigenvalue weighted by atomic mass is 16.3. The molecule has 5 heteroatoms. The highest BCUT2D eigenvalue weighted by molar-refractivity contribution is 5.42. The van der Waals surface area contributed by atoms with E-state index in [1.54, 1.807) is 12.3 Å². The summed E-state index contributed by atoms with van der Waals surface area (Å²) in [6.07, 6.45) is 1.57. The lowest BCUT2D eigenvalue weighted by molar-refractivity contribution is 0.235. The van der Waals surface area contributed by atoms with Gasteiger partial charge in [-0.05, 0) is 12.1 Å². The molecule has 1 aromatic rings. The highest BCUT2D eigenvalue weighted by Crippen LogP contribution is 2.13. The largest absolute Gasteiger partial charge is 0.395 e. The van der Waals surface area contributed by atoms with Gasteiger partial charge in [0.15, 0.2) is 0 Å². The molecular formula is C11H14N4O. The lowest BCUT2D eigenvalue weighted by atomic mass is 10.2. The minimum absolute atomic E-state index is 0.103. The lowest BCUT2D eigenvalue weighted by Gasteiger charge is -2.33. The van der Waals surface area contributed by atoms with Gasteiger partial charge in [-0.1, -0.05) is 0 Å². The Balaban J connectivity index is 2.08. The van der Waals surface area contributed by atoms with Crippen LogP contribution < -0.4 is 10.2 Å². The number of nitrogens with one attached hydrogen (secondary N) is 1. The fourth-order valence-corrected chi connectivity index (χ4v) is 1.80. The molecule has 1 atom stereocenters. The third kappa shape index (κ3) is 2.30. The van der Waals surface area contributed by atoms with E-state index in [9.17, 15) is 0 Å². The molecule has 16 heavy (non-hydrogen) atoms. The number of nitriles is 1. The number of aromatic nitrogens is 1. The Labute approximate surface area is 94.3 Å². The van der Waals surface area contributed by atoms with E-state index in [4.69, 9.17) is 10.4 Å². The van der Waals surface area contributed by atoms with Crippen molar-refractivity contribution in [2.45, 2.75) is 6.04 Å². The van der Waals surface area contributed by atoms with Gasteiger partial charge in [0.05, 0.1) is 12.2 Å². The van der Waals surface area contributed by atoms with Crippen LogP contribution >= 0.6 is 0 Å². The van der Waals surface area contributed by atoms with Crippen LogP contribution in [-0.2, 0) is 0 Å². The van der Waals surface area contributed by atoms with Crippen LogP contribution in [0.15, 0.2) is 18.3 Å². The highest BCUT2D eigenvalue weighted by Gasteiger charge is 2.19. The van der Waals surface area contributed by atoms with Crippen LogP contribution in [0.1, 0.15) is 5.56 Å². The van der Waals surface area contributed by atoms with Crippen molar-refractivity contribution >= 4 is 5.82 Å². The third-order valence-electron chi connectivity index (χ3n) is 2.68. The van der Waals surface area contributed by atoms with Crippen LogP contribution in [0.25, 0.3) is 0 Å². The monoisotopic (exact) mass is 218 g/mol. The Hall–Kier alpha value is -1.64. The number of nitrogens with zero attached hydrogens (tertiary/aromatic N) is 3. The maximum atomic E-state index is 9.09. The molecule has 1 saturated heterocycles. The smallest absolute Gasteiger partial charge is 0.128 e. The van der Waals surface area contributed by atoms with Crippen LogP contribution in [0.3, 0.4) is 0 Å². The van der Waals surface area contributed by atoms with Gasteiger partial charge in [-0.2, -0.15) is 5.26 Å². The first-order valence-corrected chi connectivity index (χ1v) is 5.29. The molecule has 84 valence electrons. The van der Waals surface area contributed by atoms with E-state index >= 15 is 0 Å². The SMILES string of the molecule is N#Cc1ccc(N2CCNC(CO)C2)nc1. The molecule has 2 N–H and O–H groups in total. The normalized spacial score (nSPS) is 20.5. The molecule has 0 bridgehead atoms. The fourth-order valence-electron chi connectivity index (χ4n) is 1.80. The van der Waals surface area contributed by atoms with Crippen LogP contribution in [0.4, 0.5) is 5.82 Å². The first kappa shape index (κ1) is 10.9. The summed E-state index contributed by atoms with van der Waals surface area (Å²) in [7, 11) is 0. The van der Waals surface area contributed by atoms with E-state index in [1.807, 2.05) is 12.1 Å². The Morgan fingerprint density at radius 2 is 2.50 bits per heavy atom. The van der Waals surface area contributed by atoms with Crippen molar-refractivity contribution in [3.63, 3.8) is 0 Å². The van der Waals surface area contributed by atoms with E-state index in [2.05, 4.69) is 15.2 Å². The summed E-state index contributed by atoms with van der Waals surface area (Å²) in [5.74, 6) is 0.860. The molecule has 1 aromatic heterocycles. The molecule has 0 aromatic carbocycles. The molecule has 0 amide bonds. The number of rotatable bonds is 2. The summed E-state index contributed by atoms with van der Waals surface area (Å²) in [6.45, 7) is 2.59. The van der Waals surface area contributed by atoms with Crippen LogP contribution in [0, 0.1) is 11.3 Å². The Kier molecular flexibility index (Phi) is 3.34. The van der Waals surface area contributed by atoms with Crippen molar-refractivity contribution in [3.05, 3.63) is 23.9 Å². The topological polar surface area (TPSA) is 72.2 Å². The quantitative estimate of drug-likeness (QED) is 0.714. The number of anilines is 1. The summed E-state index contributed by atoms with van der Waals surface area (Å²) in [5, 5.41) is 21.0. The Morgan fingerprint density at radius 3 is 3.12 bits per heavy atom. The molecule has 0 radical (unpaired) electrons. The molecular weight excluding hydrogens is 204 g/mol. The maximum absolute atomic E-state index is 9.09. The number of aliphatic hydroxyl groups is 1. The van der Waals surface area contributed by atoms with Crippen LogP contribution in [0.2, 0.25) is 0 Å². The summed E-state index contributed by atoms with van der Waals surface area (Å²) in [6, 6.07) is 5.75. The molecule has 0 saturated carbocycles. The second-order valence-electron chi connectivity index (χ2n) is 3.80. The van der Waals surface area contributed by atoms with E-state index in [0.29, 0.717) is 5.56 Å². The van der Waals surface area contributed by atoms with Gasteiger partial charge in [0.25, 0.3) is 0 Å². The Morgan fingerprint density at radius 1 is 1.62 bits per heavy atom. The maximum Gasteiger partial charge on any atom is 0.128 e. The number of hydrogen-bond acceptors (Lipinski definition) is 5. The molecule has 1 aliphatic heterocycles. The number of piperazine rings is 1. The average molecular weight is 218 g/mol. The second-order valence-corrected chi connectivity index (χ2v) is 3.80. The Bertz CT molecular complexity index is 384. The third-order valence-corrected chi connectivity index (χ3v) is 2.68. The van der Waals surface area contributed by atoms with Gasteiger partial charge in [-0.3, -0.25) is 0 Å². The van der Waals surface area contributed by atoms with Gasteiger partial charge in [-0.25, -0.2) is 4.98 Å². The lowest BCUT2D eigenvalue weighted by Crippen LogP contribution is -2.52. The molecule has 1 fully saturated rings. The number of hydrogen-bond donors (Lipinski definition) is 2. The van der Waals surface area contributed by atoms with Gasteiger partial charge in [0, 0.05) is 31.9 Å². The summed E-state index contributed by atoms with van der Waals surface area (Å²) in [4.78, 5) is 6.35. The van der Waals surface area contributed by atoms with Gasteiger partial charge in [0.1, 0.15) is 11.9 Å². The van der Waals surface area contributed by atoms with Crippen molar-refractivity contribution in [1.82, 2.24) is 10.3 Å². The molecule has 2 rings (SSSR count). The van der Waals surface area contributed by atoms with Crippen molar-refractivity contribution in [3.8, 4) is 6.07 Å². The summed E-state index contributed by atoms with van der Waals surface area (Å²) >= 11 is 0. The van der Waals surface area contributed by atoms with E-state index in [-0.39, 0.29) is 12.6 Å². The van der Waals surface area contributed by atoms with Crippen molar-refractivity contribution in [2.24, 2.45) is 0 Å². The minimum atomic E-state index is 0.103. The zero-order valence-electron chi connectivity index (χ0n) is 8.93. The first-order chi connectivity index (χ1) is 7.83. The predicted octanol–water partition coefficient (Wildman–Crippen LogP) is -0.276. The minimum Gasteiger partial charge on any atom is -0.395 e. The van der Waals surface area contributed by atoms with Crippen molar-refractivity contribution in [1.29, 1.82) is 5.26 Å². The van der Waals surface area contributed by atoms with E-state index in [0.717, 1.165) is 25.5 Å². The first-order valence-electron chi connectivity index (χ1n) is 5.29.